The first-order chi connectivity index (χ1) is 11.8. The summed E-state index contributed by atoms with van der Waals surface area (Å²) in [6, 6.07) is 12.4. The molecule has 2 N–H and O–H groups in total. The van der Waals surface area contributed by atoms with Gasteiger partial charge in [0.05, 0.1) is 5.56 Å². The molecule has 0 aliphatic rings. The monoisotopic (exact) mass is 350 g/mol. The second kappa shape index (κ2) is 8.05. The van der Waals surface area contributed by atoms with Crippen molar-refractivity contribution in [2.75, 3.05) is 17.2 Å². The lowest BCUT2D eigenvalue weighted by atomic mass is 10.0. The van der Waals surface area contributed by atoms with Crippen molar-refractivity contribution in [1.82, 2.24) is 0 Å². The summed E-state index contributed by atoms with van der Waals surface area (Å²) in [5.74, 6) is 0.203. The van der Waals surface area contributed by atoms with Crippen molar-refractivity contribution in [1.29, 1.82) is 0 Å². The third-order valence-corrected chi connectivity index (χ3v) is 3.75. The number of hydrogen-bond donors (Lipinski definition) is 2. The van der Waals surface area contributed by atoms with Gasteiger partial charge in [0.15, 0.2) is 0 Å². The van der Waals surface area contributed by atoms with Gasteiger partial charge in [0, 0.05) is 24.3 Å². The summed E-state index contributed by atoms with van der Waals surface area (Å²) in [4.78, 5) is 11.9. The Bertz CT molecular complexity index is 692. The maximum absolute atomic E-state index is 12.5. The van der Waals surface area contributed by atoms with Crippen LogP contribution >= 0.6 is 0 Å². The van der Waals surface area contributed by atoms with Crippen molar-refractivity contribution in [3.05, 3.63) is 59.7 Å². The maximum atomic E-state index is 12.5. The molecule has 0 saturated heterocycles. The van der Waals surface area contributed by atoms with Crippen LogP contribution in [0.1, 0.15) is 37.3 Å². The van der Waals surface area contributed by atoms with Gasteiger partial charge in [0.1, 0.15) is 0 Å². The van der Waals surface area contributed by atoms with Gasteiger partial charge in [-0.1, -0.05) is 26.0 Å². The highest BCUT2D eigenvalue weighted by Crippen LogP contribution is 2.29. The van der Waals surface area contributed by atoms with E-state index in [4.69, 9.17) is 0 Å². The number of rotatable bonds is 6. The van der Waals surface area contributed by atoms with Crippen molar-refractivity contribution in [2.24, 2.45) is 0 Å². The highest BCUT2D eigenvalue weighted by Gasteiger charge is 2.29. The molecular formula is C19H21F3N2O. The first-order valence-corrected chi connectivity index (χ1v) is 8.06. The second-order valence-electron chi connectivity index (χ2n) is 6.08. The van der Waals surface area contributed by atoms with Crippen LogP contribution in [-0.4, -0.2) is 12.5 Å². The van der Waals surface area contributed by atoms with Gasteiger partial charge in [-0.2, -0.15) is 13.2 Å². The SMILES string of the molecule is CC(C)c1ccc(NCCC(=O)Nc2ccc(C(F)(F)F)cc2)cc1. The van der Waals surface area contributed by atoms with Gasteiger partial charge in [-0.3, -0.25) is 4.79 Å². The average Bonchev–Trinajstić information content (AvgIpc) is 2.55. The standard InChI is InChI=1S/C19H21F3N2O/c1-13(2)14-3-7-16(8-4-14)23-12-11-18(25)24-17-9-5-15(6-10-17)19(20,21)22/h3-10,13,23H,11-12H2,1-2H3,(H,24,25). The van der Waals surface area contributed by atoms with Crippen LogP contribution in [0.25, 0.3) is 0 Å². The van der Waals surface area contributed by atoms with E-state index >= 15 is 0 Å². The zero-order chi connectivity index (χ0) is 18.4. The first-order valence-electron chi connectivity index (χ1n) is 8.06. The molecule has 1 amide bonds. The third kappa shape index (κ3) is 5.81. The summed E-state index contributed by atoms with van der Waals surface area (Å²) in [6.45, 7) is 4.68. The van der Waals surface area contributed by atoms with Crippen LogP contribution in [0, 0.1) is 0 Å². The zero-order valence-corrected chi connectivity index (χ0v) is 14.2. The van der Waals surface area contributed by atoms with Gasteiger partial charge < -0.3 is 10.6 Å². The van der Waals surface area contributed by atoms with E-state index in [-0.39, 0.29) is 12.3 Å². The molecule has 2 rings (SSSR count). The molecule has 6 heteroatoms. The van der Waals surface area contributed by atoms with E-state index < -0.39 is 11.7 Å². The molecule has 0 spiro atoms. The van der Waals surface area contributed by atoms with Gasteiger partial charge in [-0.15, -0.1) is 0 Å². The quantitative estimate of drug-likeness (QED) is 0.745. The lowest BCUT2D eigenvalue weighted by Crippen LogP contribution is -2.16. The molecular weight excluding hydrogens is 329 g/mol. The Morgan fingerprint density at radius 2 is 1.52 bits per heavy atom. The van der Waals surface area contributed by atoms with Gasteiger partial charge in [0.25, 0.3) is 0 Å². The Labute approximate surface area is 145 Å². The highest BCUT2D eigenvalue weighted by atomic mass is 19.4. The first kappa shape index (κ1) is 18.8. The molecule has 0 atom stereocenters. The normalized spacial score (nSPS) is 11.4. The average molecular weight is 350 g/mol. The number of anilines is 2. The fraction of sp³-hybridized carbons (Fsp3) is 0.316. The number of halogens is 3. The minimum Gasteiger partial charge on any atom is -0.385 e. The summed E-state index contributed by atoms with van der Waals surface area (Å²) in [7, 11) is 0. The van der Waals surface area contributed by atoms with Gasteiger partial charge in [0.2, 0.25) is 5.91 Å². The van der Waals surface area contributed by atoms with E-state index in [1.54, 1.807) is 0 Å². The number of carbonyl (C=O) groups excluding carboxylic acids is 1. The fourth-order valence-corrected chi connectivity index (χ4v) is 2.27. The van der Waals surface area contributed by atoms with E-state index in [0.29, 0.717) is 18.2 Å². The van der Waals surface area contributed by atoms with Crippen LogP contribution in [0.4, 0.5) is 24.5 Å². The minimum absolute atomic E-state index is 0.215. The lowest BCUT2D eigenvalue weighted by Gasteiger charge is -2.10. The summed E-state index contributed by atoms with van der Waals surface area (Å²) in [5.41, 5.74) is 1.77. The number of nitrogens with one attached hydrogen (secondary N) is 2. The molecule has 25 heavy (non-hydrogen) atoms. The smallest absolute Gasteiger partial charge is 0.385 e. The van der Waals surface area contributed by atoms with E-state index in [1.165, 1.54) is 17.7 Å². The van der Waals surface area contributed by atoms with E-state index in [0.717, 1.165) is 17.8 Å². The van der Waals surface area contributed by atoms with Gasteiger partial charge in [-0.05, 0) is 47.9 Å². The second-order valence-corrected chi connectivity index (χ2v) is 6.08. The van der Waals surface area contributed by atoms with E-state index in [2.05, 4.69) is 24.5 Å². The predicted octanol–water partition coefficient (Wildman–Crippen LogP) is 5.27. The summed E-state index contributed by atoms with van der Waals surface area (Å²) >= 11 is 0. The Morgan fingerprint density at radius 1 is 0.960 bits per heavy atom. The summed E-state index contributed by atoms with van der Waals surface area (Å²) in [5, 5.41) is 5.73. The van der Waals surface area contributed by atoms with Crippen LogP contribution in [0.3, 0.4) is 0 Å². The van der Waals surface area contributed by atoms with Crippen molar-refractivity contribution in [2.45, 2.75) is 32.4 Å². The molecule has 0 radical (unpaired) electrons. The predicted molar refractivity (Wildman–Crippen MR) is 93.7 cm³/mol. The van der Waals surface area contributed by atoms with Crippen LogP contribution in [0.5, 0.6) is 0 Å². The van der Waals surface area contributed by atoms with Crippen LogP contribution in [-0.2, 0) is 11.0 Å². The fourth-order valence-electron chi connectivity index (χ4n) is 2.27. The van der Waals surface area contributed by atoms with Crippen LogP contribution < -0.4 is 10.6 Å². The van der Waals surface area contributed by atoms with Crippen LogP contribution in [0.15, 0.2) is 48.5 Å². The number of hydrogen-bond acceptors (Lipinski definition) is 2. The molecule has 0 saturated carbocycles. The summed E-state index contributed by atoms with van der Waals surface area (Å²) < 4.78 is 37.4. The Balaban J connectivity index is 1.78. The highest BCUT2D eigenvalue weighted by molar-refractivity contribution is 5.91. The topological polar surface area (TPSA) is 41.1 Å². The molecule has 0 aliphatic heterocycles. The van der Waals surface area contributed by atoms with E-state index in [9.17, 15) is 18.0 Å². The molecule has 0 unspecified atom stereocenters. The Kier molecular flexibility index (Phi) is 6.07. The number of alkyl halides is 3. The summed E-state index contributed by atoms with van der Waals surface area (Å²) in [6.07, 6.45) is -4.16. The molecule has 3 nitrogen and oxygen atoms in total. The number of carbonyl (C=O) groups is 1. The third-order valence-electron chi connectivity index (χ3n) is 3.75. The van der Waals surface area contributed by atoms with Gasteiger partial charge >= 0.3 is 6.18 Å². The zero-order valence-electron chi connectivity index (χ0n) is 14.2. The van der Waals surface area contributed by atoms with Gasteiger partial charge in [-0.25, -0.2) is 0 Å². The molecule has 0 fully saturated rings. The van der Waals surface area contributed by atoms with Crippen molar-refractivity contribution in [3.63, 3.8) is 0 Å². The lowest BCUT2D eigenvalue weighted by molar-refractivity contribution is -0.137. The number of amides is 1. The minimum atomic E-state index is -4.38. The van der Waals surface area contributed by atoms with Crippen molar-refractivity contribution >= 4 is 17.3 Å². The Morgan fingerprint density at radius 3 is 2.04 bits per heavy atom. The van der Waals surface area contributed by atoms with E-state index in [1.807, 2.05) is 24.3 Å². The maximum Gasteiger partial charge on any atom is 0.416 e. The molecule has 0 bridgehead atoms. The largest absolute Gasteiger partial charge is 0.416 e. The van der Waals surface area contributed by atoms with Crippen molar-refractivity contribution < 1.29 is 18.0 Å². The molecule has 0 heterocycles. The number of benzene rings is 2. The molecule has 0 aliphatic carbocycles. The van der Waals surface area contributed by atoms with Crippen molar-refractivity contribution in [3.8, 4) is 0 Å². The molecule has 2 aromatic carbocycles. The van der Waals surface area contributed by atoms with Crippen LogP contribution in [0.2, 0.25) is 0 Å². The molecule has 0 aromatic heterocycles. The molecule has 2 aromatic rings. The Hall–Kier alpha value is -2.50. The molecule has 134 valence electrons.